The number of anilines is 2. The summed E-state index contributed by atoms with van der Waals surface area (Å²) in [6, 6.07) is 3.67. The molecule has 0 amide bonds. The van der Waals surface area contributed by atoms with E-state index in [2.05, 4.69) is 26.2 Å². The van der Waals surface area contributed by atoms with Gasteiger partial charge in [-0.2, -0.15) is 0 Å². The number of hydrogen-bond acceptors (Lipinski definition) is 4. The number of thiazole rings is 1. The maximum Gasteiger partial charge on any atom is 0.347 e. The maximum atomic E-state index is 11.0. The van der Waals surface area contributed by atoms with E-state index in [4.69, 9.17) is 16.7 Å². The number of rotatable bonds is 3. The third kappa shape index (κ3) is 3.08. The summed E-state index contributed by atoms with van der Waals surface area (Å²) in [6.07, 6.45) is 0. The van der Waals surface area contributed by atoms with E-state index in [0.29, 0.717) is 15.8 Å². The summed E-state index contributed by atoms with van der Waals surface area (Å²) >= 11 is 10.6. The van der Waals surface area contributed by atoms with Crippen LogP contribution in [0.5, 0.6) is 0 Å². The zero-order valence-corrected chi connectivity index (χ0v) is 13.3. The van der Waals surface area contributed by atoms with Gasteiger partial charge in [0, 0.05) is 9.50 Å². The van der Waals surface area contributed by atoms with Crippen molar-refractivity contribution in [3.05, 3.63) is 37.8 Å². The van der Waals surface area contributed by atoms with E-state index in [1.165, 1.54) is 0 Å². The van der Waals surface area contributed by atoms with Crippen LogP contribution in [0.2, 0.25) is 5.02 Å². The van der Waals surface area contributed by atoms with Gasteiger partial charge in [-0.05, 0) is 47.5 Å². The lowest BCUT2D eigenvalue weighted by Gasteiger charge is -2.08. The number of hydrogen-bond donors (Lipinski definition) is 2. The maximum absolute atomic E-state index is 11.0. The topological polar surface area (TPSA) is 62.2 Å². The first-order valence-electron chi connectivity index (χ1n) is 5.32. The van der Waals surface area contributed by atoms with Crippen LogP contribution in [-0.4, -0.2) is 16.1 Å². The SMILES string of the molecule is Cc1cc(Br)c(Nc2nc(C)c(C(=O)O)s2)cc1Cl. The van der Waals surface area contributed by atoms with Crippen LogP contribution in [0.4, 0.5) is 10.8 Å². The quantitative estimate of drug-likeness (QED) is 0.837. The van der Waals surface area contributed by atoms with Gasteiger partial charge in [-0.1, -0.05) is 22.9 Å². The van der Waals surface area contributed by atoms with Crippen LogP contribution in [0.25, 0.3) is 0 Å². The standard InChI is InChI=1S/C12H10BrClN2O2S/c1-5-3-7(13)9(4-8(5)14)16-12-15-6(2)10(19-12)11(17)18/h3-4H,1-2H3,(H,15,16)(H,17,18). The summed E-state index contributed by atoms with van der Waals surface area (Å²) in [7, 11) is 0. The first kappa shape index (κ1) is 14.3. The number of benzene rings is 1. The number of carbonyl (C=O) groups is 1. The lowest BCUT2D eigenvalue weighted by Crippen LogP contribution is -1.94. The Morgan fingerprint density at radius 3 is 2.74 bits per heavy atom. The molecule has 1 aromatic heterocycles. The summed E-state index contributed by atoms with van der Waals surface area (Å²) < 4.78 is 0.846. The van der Waals surface area contributed by atoms with Crippen LogP contribution in [0.3, 0.4) is 0 Å². The largest absolute Gasteiger partial charge is 0.477 e. The average Bonchev–Trinajstić information content (AvgIpc) is 2.67. The number of halogens is 2. The van der Waals surface area contributed by atoms with Gasteiger partial charge in [0.15, 0.2) is 5.13 Å². The molecule has 7 heteroatoms. The number of carboxylic acids is 1. The molecule has 100 valence electrons. The molecule has 0 aliphatic rings. The molecule has 0 radical (unpaired) electrons. The normalized spacial score (nSPS) is 10.5. The zero-order chi connectivity index (χ0) is 14.2. The molecule has 2 N–H and O–H groups in total. The molecule has 0 aliphatic heterocycles. The summed E-state index contributed by atoms with van der Waals surface area (Å²) in [5.41, 5.74) is 2.20. The Hall–Kier alpha value is -1.11. The van der Waals surface area contributed by atoms with Crippen molar-refractivity contribution in [1.82, 2.24) is 4.98 Å². The fraction of sp³-hybridized carbons (Fsp3) is 0.167. The Morgan fingerprint density at radius 2 is 2.16 bits per heavy atom. The van der Waals surface area contributed by atoms with Crippen molar-refractivity contribution in [3.63, 3.8) is 0 Å². The van der Waals surface area contributed by atoms with Gasteiger partial charge in [-0.3, -0.25) is 0 Å². The molecule has 19 heavy (non-hydrogen) atoms. The Morgan fingerprint density at radius 1 is 1.47 bits per heavy atom. The van der Waals surface area contributed by atoms with E-state index in [1.807, 2.05) is 13.0 Å². The number of aryl methyl sites for hydroxylation is 2. The van der Waals surface area contributed by atoms with Crippen molar-refractivity contribution >= 4 is 55.7 Å². The van der Waals surface area contributed by atoms with E-state index < -0.39 is 5.97 Å². The first-order chi connectivity index (χ1) is 8.88. The van der Waals surface area contributed by atoms with E-state index >= 15 is 0 Å². The van der Waals surface area contributed by atoms with E-state index in [1.54, 1.807) is 13.0 Å². The van der Waals surface area contributed by atoms with Crippen molar-refractivity contribution in [2.75, 3.05) is 5.32 Å². The Kier molecular flexibility index (Phi) is 4.13. The number of nitrogens with one attached hydrogen (secondary N) is 1. The smallest absolute Gasteiger partial charge is 0.347 e. The molecular formula is C12H10BrClN2O2S. The molecule has 1 aromatic carbocycles. The number of aromatic carboxylic acids is 1. The van der Waals surface area contributed by atoms with Crippen LogP contribution < -0.4 is 5.32 Å². The van der Waals surface area contributed by atoms with Crippen LogP contribution in [0.1, 0.15) is 20.9 Å². The fourth-order valence-electron chi connectivity index (χ4n) is 1.51. The van der Waals surface area contributed by atoms with Gasteiger partial charge in [-0.15, -0.1) is 0 Å². The molecule has 0 saturated carbocycles. The van der Waals surface area contributed by atoms with E-state index in [-0.39, 0.29) is 4.88 Å². The van der Waals surface area contributed by atoms with Gasteiger partial charge in [0.1, 0.15) is 4.88 Å². The van der Waals surface area contributed by atoms with Crippen molar-refractivity contribution in [2.45, 2.75) is 13.8 Å². The van der Waals surface area contributed by atoms with Crippen molar-refractivity contribution in [1.29, 1.82) is 0 Å². The van der Waals surface area contributed by atoms with E-state index in [0.717, 1.165) is 27.1 Å². The molecule has 0 bridgehead atoms. The predicted octanol–water partition coefficient (Wildman–Crippen LogP) is 4.62. The highest BCUT2D eigenvalue weighted by Crippen LogP contribution is 2.33. The Labute approximate surface area is 127 Å². The minimum atomic E-state index is -0.968. The number of aromatic nitrogens is 1. The summed E-state index contributed by atoms with van der Waals surface area (Å²) in [5.74, 6) is -0.968. The lowest BCUT2D eigenvalue weighted by atomic mass is 10.2. The molecular weight excluding hydrogens is 352 g/mol. The molecule has 0 saturated heterocycles. The highest BCUT2D eigenvalue weighted by molar-refractivity contribution is 9.10. The molecule has 0 atom stereocenters. The molecule has 0 fully saturated rings. The minimum absolute atomic E-state index is 0.233. The van der Waals surface area contributed by atoms with Gasteiger partial charge < -0.3 is 10.4 Å². The van der Waals surface area contributed by atoms with E-state index in [9.17, 15) is 4.79 Å². The van der Waals surface area contributed by atoms with Crippen molar-refractivity contribution < 1.29 is 9.90 Å². The Balaban J connectivity index is 2.34. The zero-order valence-electron chi connectivity index (χ0n) is 10.1. The third-order valence-electron chi connectivity index (χ3n) is 2.48. The number of nitrogens with zero attached hydrogens (tertiary/aromatic N) is 1. The first-order valence-corrected chi connectivity index (χ1v) is 7.30. The fourth-order valence-corrected chi connectivity index (χ4v) is 3.04. The summed E-state index contributed by atoms with van der Waals surface area (Å²) in [4.78, 5) is 15.4. The van der Waals surface area contributed by atoms with Gasteiger partial charge in [0.05, 0.1) is 11.4 Å². The molecule has 0 aliphatic carbocycles. The molecule has 0 spiro atoms. The predicted molar refractivity (Wildman–Crippen MR) is 81.0 cm³/mol. The summed E-state index contributed by atoms with van der Waals surface area (Å²) in [6.45, 7) is 3.58. The highest BCUT2D eigenvalue weighted by Gasteiger charge is 2.15. The van der Waals surface area contributed by atoms with Crippen LogP contribution in [-0.2, 0) is 0 Å². The van der Waals surface area contributed by atoms with Crippen LogP contribution in [0.15, 0.2) is 16.6 Å². The monoisotopic (exact) mass is 360 g/mol. The van der Waals surface area contributed by atoms with Gasteiger partial charge in [-0.25, -0.2) is 9.78 Å². The summed E-state index contributed by atoms with van der Waals surface area (Å²) in [5, 5.41) is 13.2. The van der Waals surface area contributed by atoms with Crippen LogP contribution in [0, 0.1) is 13.8 Å². The average molecular weight is 362 g/mol. The second-order valence-electron chi connectivity index (χ2n) is 3.94. The Bertz CT molecular complexity index is 657. The highest BCUT2D eigenvalue weighted by atomic mass is 79.9. The van der Waals surface area contributed by atoms with Crippen LogP contribution >= 0.6 is 38.9 Å². The lowest BCUT2D eigenvalue weighted by molar-refractivity contribution is 0.0701. The van der Waals surface area contributed by atoms with Gasteiger partial charge in [0.2, 0.25) is 0 Å². The molecule has 4 nitrogen and oxygen atoms in total. The third-order valence-corrected chi connectivity index (χ3v) is 4.60. The second-order valence-corrected chi connectivity index (χ2v) is 6.21. The van der Waals surface area contributed by atoms with Crippen molar-refractivity contribution in [2.24, 2.45) is 0 Å². The second kappa shape index (κ2) is 5.48. The van der Waals surface area contributed by atoms with Gasteiger partial charge in [0.25, 0.3) is 0 Å². The molecule has 0 unspecified atom stereocenters. The van der Waals surface area contributed by atoms with Gasteiger partial charge >= 0.3 is 5.97 Å². The molecule has 2 rings (SSSR count). The molecule has 2 aromatic rings. The number of carboxylic acid groups (broad SMARTS) is 1. The molecule has 1 heterocycles. The van der Waals surface area contributed by atoms with Crippen molar-refractivity contribution in [3.8, 4) is 0 Å². The minimum Gasteiger partial charge on any atom is -0.477 e.